The molecule has 5 heterocycles. The maximum atomic E-state index is 14.0. The molecule has 364 valence electrons. The van der Waals surface area contributed by atoms with Crippen molar-refractivity contribution in [3.63, 3.8) is 0 Å². The van der Waals surface area contributed by atoms with Crippen molar-refractivity contribution in [2.24, 2.45) is 35.5 Å². The molecule has 4 fully saturated rings. The first kappa shape index (κ1) is 50.4. The first-order valence-electron chi connectivity index (χ1n) is 21.5. The van der Waals surface area contributed by atoms with E-state index in [1.165, 1.54) is 6.08 Å². The lowest BCUT2D eigenvalue weighted by atomic mass is 9.81. The number of allylic oxidation sites excluding steroid dienone is 2. The Labute approximate surface area is 373 Å². The summed E-state index contributed by atoms with van der Waals surface area (Å²) < 4.78 is 56.9. The van der Waals surface area contributed by atoms with Gasteiger partial charge in [0.05, 0.1) is 70.0 Å². The van der Waals surface area contributed by atoms with E-state index in [0.717, 1.165) is 19.6 Å². The molecule has 0 aromatic carbocycles. The van der Waals surface area contributed by atoms with E-state index >= 15 is 0 Å². The molecular weight excluding hydrogens is 868 g/mol. The molecule has 1 aliphatic carbocycles. The maximum absolute atomic E-state index is 14.0. The topological polar surface area (TPSA) is 322 Å². The molecule has 65 heavy (non-hydrogen) atoms. The lowest BCUT2D eigenvalue weighted by Crippen LogP contribution is -2.60. The van der Waals surface area contributed by atoms with Gasteiger partial charge >= 0.3 is 23.9 Å². The lowest BCUT2D eigenvalue weighted by Gasteiger charge is -2.42. The fraction of sp³-hybridized carbons (Fsp3) is 0.721. The van der Waals surface area contributed by atoms with Gasteiger partial charge in [-0.25, -0.2) is 9.59 Å². The van der Waals surface area contributed by atoms with Gasteiger partial charge in [-0.3, -0.25) is 9.59 Å². The summed E-state index contributed by atoms with van der Waals surface area (Å²) in [6, 6.07) is 0. The van der Waals surface area contributed by atoms with E-state index in [0.29, 0.717) is 6.42 Å². The fourth-order valence-electron chi connectivity index (χ4n) is 9.48. The first-order chi connectivity index (χ1) is 31.0. The van der Waals surface area contributed by atoms with Gasteiger partial charge in [0, 0.05) is 34.8 Å². The molecule has 1 unspecified atom stereocenters. The molecule has 6 rings (SSSR count). The molecule has 0 amide bonds. The molecule has 19 atom stereocenters. The van der Waals surface area contributed by atoms with Crippen LogP contribution in [0.4, 0.5) is 0 Å². The molecule has 0 spiro atoms. The van der Waals surface area contributed by atoms with E-state index in [9.17, 15) is 60.0 Å². The van der Waals surface area contributed by atoms with Crippen LogP contribution in [0.2, 0.25) is 0 Å². The highest BCUT2D eigenvalue weighted by Crippen LogP contribution is 2.45. The van der Waals surface area contributed by atoms with E-state index in [-0.39, 0.29) is 53.8 Å². The summed E-state index contributed by atoms with van der Waals surface area (Å²) in [4.78, 5) is 54.3. The van der Waals surface area contributed by atoms with Gasteiger partial charge in [-0.2, -0.15) is 0 Å². The number of aliphatic hydroxyl groups is 8. The number of fused-ring (bicyclic) bond motifs is 2. The van der Waals surface area contributed by atoms with E-state index in [2.05, 4.69) is 0 Å². The number of cyclic esters (lactones) is 2. The second kappa shape index (κ2) is 21.7. The summed E-state index contributed by atoms with van der Waals surface area (Å²) >= 11 is 0. The SMILES string of the molecule is CC=C1[C@H](O[C@@H]2O[C@H](CO)[C@@H](O)[C@H](O)[C@H]2O)OC=C(C(=O)OC)[C@H]1CC(=O)O[C@H]1C[C@H](C)[C@H]2COC(=O)C[C@@H]3C(=CO[C@@H](O[C@@H]4O[C@H](CO)[C@@H](O)[C@H](O)[C@H]4O)C3=CC)C(=O)OC[C@H](C)C12. The molecule has 22 heteroatoms. The minimum absolute atomic E-state index is 0.0460. The summed E-state index contributed by atoms with van der Waals surface area (Å²) in [5.41, 5.74) is 0.384. The van der Waals surface area contributed by atoms with Crippen molar-refractivity contribution in [2.75, 3.05) is 33.5 Å². The number of hydrogen-bond acceptors (Lipinski definition) is 22. The Kier molecular flexibility index (Phi) is 16.8. The average Bonchev–Trinajstić information content (AvgIpc) is 3.60. The van der Waals surface area contributed by atoms with Crippen LogP contribution in [0.3, 0.4) is 0 Å². The van der Waals surface area contributed by atoms with Crippen LogP contribution in [0.15, 0.2) is 47.0 Å². The largest absolute Gasteiger partial charge is 0.468 e. The smallest absolute Gasteiger partial charge is 0.337 e. The zero-order chi connectivity index (χ0) is 47.4. The van der Waals surface area contributed by atoms with Gasteiger partial charge in [0.1, 0.15) is 54.9 Å². The quantitative estimate of drug-likeness (QED) is 0.0674. The number of aliphatic hydroxyl groups excluding tert-OH is 8. The van der Waals surface area contributed by atoms with Crippen molar-refractivity contribution < 1.29 is 107 Å². The molecule has 22 nitrogen and oxygen atoms in total. The van der Waals surface area contributed by atoms with Gasteiger partial charge in [0.15, 0.2) is 12.6 Å². The molecule has 1 saturated carbocycles. The predicted molar refractivity (Wildman–Crippen MR) is 213 cm³/mol. The normalized spacial score (nSPS) is 42.6. The molecule has 0 aromatic heterocycles. The number of ether oxygens (including phenoxy) is 10. The summed E-state index contributed by atoms with van der Waals surface area (Å²) in [7, 11) is 1.14. The van der Waals surface area contributed by atoms with Gasteiger partial charge in [-0.1, -0.05) is 26.0 Å². The van der Waals surface area contributed by atoms with Crippen molar-refractivity contribution in [3.05, 3.63) is 47.0 Å². The number of rotatable bonds is 10. The second-order valence-electron chi connectivity index (χ2n) is 17.1. The van der Waals surface area contributed by atoms with Crippen molar-refractivity contribution in [1.29, 1.82) is 0 Å². The Morgan fingerprint density at radius 2 is 1.32 bits per heavy atom. The second-order valence-corrected chi connectivity index (χ2v) is 17.1. The van der Waals surface area contributed by atoms with Crippen molar-refractivity contribution >= 4 is 23.9 Å². The van der Waals surface area contributed by atoms with E-state index in [1.54, 1.807) is 26.8 Å². The minimum Gasteiger partial charge on any atom is -0.468 e. The van der Waals surface area contributed by atoms with Crippen LogP contribution in [0.25, 0.3) is 0 Å². The molecule has 5 aliphatic heterocycles. The van der Waals surface area contributed by atoms with Crippen LogP contribution in [-0.2, 0) is 66.5 Å². The van der Waals surface area contributed by atoms with Crippen LogP contribution in [0, 0.1) is 35.5 Å². The van der Waals surface area contributed by atoms with E-state index < -0.39 is 147 Å². The summed E-state index contributed by atoms with van der Waals surface area (Å²) in [5.74, 6) is -6.59. The predicted octanol–water partition coefficient (Wildman–Crippen LogP) is -1.90. The summed E-state index contributed by atoms with van der Waals surface area (Å²) in [6.45, 7) is 5.28. The minimum atomic E-state index is -1.77. The third kappa shape index (κ3) is 10.6. The van der Waals surface area contributed by atoms with Crippen LogP contribution in [0.5, 0.6) is 0 Å². The molecule has 0 radical (unpaired) electrons. The highest BCUT2D eigenvalue weighted by Gasteiger charge is 2.51. The highest BCUT2D eigenvalue weighted by atomic mass is 16.8. The number of methoxy groups -OCH3 is 1. The third-order valence-electron chi connectivity index (χ3n) is 13.1. The van der Waals surface area contributed by atoms with E-state index in [4.69, 9.17) is 47.4 Å². The monoisotopic (exact) mass is 928 g/mol. The maximum Gasteiger partial charge on any atom is 0.337 e. The number of hydrogen-bond donors (Lipinski definition) is 8. The van der Waals surface area contributed by atoms with Crippen LogP contribution in [-0.4, -0.2) is 178 Å². The van der Waals surface area contributed by atoms with Crippen molar-refractivity contribution in [3.8, 4) is 0 Å². The van der Waals surface area contributed by atoms with Gasteiger partial charge in [0.2, 0.25) is 12.6 Å². The average molecular weight is 929 g/mol. The summed E-state index contributed by atoms with van der Waals surface area (Å²) in [6.07, 6.45) is -14.8. The van der Waals surface area contributed by atoms with Gasteiger partial charge in [-0.15, -0.1) is 0 Å². The third-order valence-corrected chi connectivity index (χ3v) is 13.1. The highest BCUT2D eigenvalue weighted by molar-refractivity contribution is 5.91. The molecule has 3 saturated heterocycles. The molecule has 6 aliphatic rings. The molecule has 8 N–H and O–H groups in total. The zero-order valence-electron chi connectivity index (χ0n) is 36.5. The first-order valence-corrected chi connectivity index (χ1v) is 21.5. The van der Waals surface area contributed by atoms with Gasteiger partial charge < -0.3 is 88.2 Å². The molecular formula is C43H60O22. The Morgan fingerprint density at radius 3 is 1.88 bits per heavy atom. The van der Waals surface area contributed by atoms with Crippen molar-refractivity contribution in [1.82, 2.24) is 0 Å². The number of carbonyl (C=O) groups is 4. The standard InChI is InChI=1S/C43H60O22/c1-6-19-21-9-29(46)57-14-23-17(3)8-26(31(23)18(4)13-58-39(55)25(21)16-60-40(19)64-42-36(52)34(50)32(48)27(11-44)62-42)61-30(47)10-22-20(7-2)41(59-15-24(22)38(54)56-5)65-43-37(53)35(51)33(49)28(12-45)63-43/h6-7,15-18,21-23,26-28,31-37,40-45,48-53H,8-14H2,1-5H3/t17-,18-,21-,22-,23+,26-,27+,28+,31?,32+,33+,34-,35-,36+,37+,40-,41-,42-,43-/m0/s1. The Balaban J connectivity index is 1.16. The number of carbonyl (C=O) groups excluding carboxylic acids is 4. The Bertz CT molecular complexity index is 1840. The van der Waals surface area contributed by atoms with Crippen LogP contribution >= 0.6 is 0 Å². The van der Waals surface area contributed by atoms with Crippen LogP contribution in [0.1, 0.15) is 47.0 Å². The van der Waals surface area contributed by atoms with Gasteiger partial charge in [0.25, 0.3) is 0 Å². The number of esters is 4. The zero-order valence-corrected chi connectivity index (χ0v) is 36.5. The van der Waals surface area contributed by atoms with Crippen molar-refractivity contribution in [2.45, 2.75) is 127 Å². The fourth-order valence-corrected chi connectivity index (χ4v) is 9.48. The Morgan fingerprint density at radius 1 is 0.754 bits per heavy atom. The van der Waals surface area contributed by atoms with E-state index in [1.807, 2.05) is 6.92 Å². The van der Waals surface area contributed by atoms with Gasteiger partial charge in [-0.05, 0) is 32.1 Å². The lowest BCUT2D eigenvalue weighted by molar-refractivity contribution is -0.327. The van der Waals surface area contributed by atoms with Crippen LogP contribution < -0.4 is 0 Å². The molecule has 0 bridgehead atoms. The molecule has 0 aromatic rings. The summed E-state index contributed by atoms with van der Waals surface area (Å²) in [5, 5.41) is 81.5. The Hall–Kier alpha value is -4.04.